The van der Waals surface area contributed by atoms with Gasteiger partial charge in [-0.15, -0.1) is 0 Å². The van der Waals surface area contributed by atoms with Gasteiger partial charge in [-0.25, -0.2) is 4.79 Å². The second-order valence-corrected chi connectivity index (χ2v) is 7.55. The van der Waals surface area contributed by atoms with E-state index in [1.165, 1.54) is 14.0 Å². The summed E-state index contributed by atoms with van der Waals surface area (Å²) < 4.78 is 0. The zero-order valence-corrected chi connectivity index (χ0v) is 18.9. The van der Waals surface area contributed by atoms with E-state index in [0.29, 0.717) is 5.56 Å². The molecule has 0 saturated heterocycles. The standard InChI is InChI=1S/C21H31N5O8/c1-11(28)16(22)20(32)24-14(9-23-2)19(31)25-15(10-27)18(30)17(29)13(26-21(33)34)8-12-6-4-3-5-7-12/h3-7,11,13-16,23,26-28H,8-10,22H2,1-2H3,(H,24,32)(H,25,31)(H,33,34)/t11-,13+,14?,15?,16+/m1/s1. The van der Waals surface area contributed by atoms with Crippen molar-refractivity contribution in [2.24, 2.45) is 5.73 Å². The first kappa shape index (κ1) is 28.6. The van der Waals surface area contributed by atoms with E-state index in [0.717, 1.165) is 0 Å². The van der Waals surface area contributed by atoms with Crippen molar-refractivity contribution in [3.05, 3.63) is 35.9 Å². The maximum absolute atomic E-state index is 12.7. The summed E-state index contributed by atoms with van der Waals surface area (Å²) in [7, 11) is 1.49. The van der Waals surface area contributed by atoms with Gasteiger partial charge in [0, 0.05) is 13.0 Å². The number of aliphatic hydroxyl groups excluding tert-OH is 2. The third-order valence-corrected chi connectivity index (χ3v) is 4.82. The van der Waals surface area contributed by atoms with Crippen LogP contribution in [0.15, 0.2) is 30.3 Å². The average Bonchev–Trinajstić information content (AvgIpc) is 2.80. The van der Waals surface area contributed by atoms with Crippen molar-refractivity contribution >= 4 is 29.5 Å². The summed E-state index contributed by atoms with van der Waals surface area (Å²) in [5.74, 6) is -4.12. The Hall–Kier alpha value is -3.39. The number of rotatable bonds is 14. The number of Topliss-reactive ketones (excluding diaryl/α,β-unsaturated/α-hetero) is 2. The van der Waals surface area contributed by atoms with Gasteiger partial charge in [0.15, 0.2) is 0 Å². The van der Waals surface area contributed by atoms with Crippen LogP contribution in [0.1, 0.15) is 12.5 Å². The smallest absolute Gasteiger partial charge is 0.405 e. The number of hydrogen-bond donors (Lipinski definition) is 8. The largest absolute Gasteiger partial charge is 0.465 e. The number of hydrogen-bond acceptors (Lipinski definition) is 9. The Bertz CT molecular complexity index is 864. The Morgan fingerprint density at radius 1 is 0.912 bits per heavy atom. The predicted molar refractivity (Wildman–Crippen MR) is 120 cm³/mol. The van der Waals surface area contributed by atoms with Gasteiger partial charge >= 0.3 is 6.09 Å². The Morgan fingerprint density at radius 3 is 1.97 bits per heavy atom. The van der Waals surface area contributed by atoms with Crippen molar-refractivity contribution < 1.29 is 39.3 Å². The van der Waals surface area contributed by atoms with E-state index in [1.807, 2.05) is 5.32 Å². The summed E-state index contributed by atoms with van der Waals surface area (Å²) in [6.07, 6.45) is -2.84. The lowest BCUT2D eigenvalue weighted by Gasteiger charge is -2.24. The van der Waals surface area contributed by atoms with Crippen LogP contribution >= 0.6 is 0 Å². The lowest BCUT2D eigenvalue weighted by atomic mass is 9.97. The number of likely N-dealkylation sites (N-methyl/N-ethyl adjacent to an activating group) is 1. The molecule has 188 valence electrons. The number of ketones is 2. The van der Waals surface area contributed by atoms with Gasteiger partial charge in [-0.1, -0.05) is 30.3 Å². The van der Waals surface area contributed by atoms with Crippen LogP contribution in [-0.4, -0.2) is 95.3 Å². The molecule has 1 rings (SSSR count). The molecule has 0 aliphatic carbocycles. The lowest BCUT2D eigenvalue weighted by molar-refractivity contribution is -0.141. The molecule has 13 heteroatoms. The molecule has 0 aromatic heterocycles. The highest BCUT2D eigenvalue weighted by atomic mass is 16.4. The fraction of sp³-hybridized carbons (Fsp3) is 0.476. The first-order valence-corrected chi connectivity index (χ1v) is 10.4. The Labute approximate surface area is 196 Å². The van der Waals surface area contributed by atoms with E-state index < -0.39 is 66.4 Å². The lowest BCUT2D eigenvalue weighted by Crippen LogP contribution is -2.60. The molecule has 0 spiro atoms. The van der Waals surface area contributed by atoms with Gasteiger partial charge in [0.2, 0.25) is 23.4 Å². The van der Waals surface area contributed by atoms with E-state index in [2.05, 4.69) is 16.0 Å². The van der Waals surface area contributed by atoms with Crippen molar-refractivity contribution in [1.29, 1.82) is 0 Å². The maximum Gasteiger partial charge on any atom is 0.405 e. The summed E-state index contributed by atoms with van der Waals surface area (Å²) in [5.41, 5.74) is 6.13. The van der Waals surface area contributed by atoms with Crippen LogP contribution in [0.5, 0.6) is 0 Å². The van der Waals surface area contributed by atoms with Crippen molar-refractivity contribution in [3.8, 4) is 0 Å². The SMILES string of the molecule is CNCC(NC(=O)[C@@H](N)[C@@H](C)O)C(=O)NC(CO)C(=O)C(=O)[C@H](Cc1ccccc1)NC(=O)O. The van der Waals surface area contributed by atoms with Crippen LogP contribution in [0.3, 0.4) is 0 Å². The minimum Gasteiger partial charge on any atom is -0.465 e. The molecule has 3 amide bonds. The molecule has 9 N–H and O–H groups in total. The predicted octanol–water partition coefficient (Wildman–Crippen LogP) is -3.11. The highest BCUT2D eigenvalue weighted by Gasteiger charge is 2.34. The van der Waals surface area contributed by atoms with Gasteiger partial charge in [-0.3, -0.25) is 19.2 Å². The van der Waals surface area contributed by atoms with Crippen LogP contribution in [0.2, 0.25) is 0 Å². The van der Waals surface area contributed by atoms with Crippen LogP contribution in [0.25, 0.3) is 0 Å². The number of aliphatic hydroxyl groups is 2. The van der Waals surface area contributed by atoms with Gasteiger partial charge in [0.05, 0.1) is 12.7 Å². The van der Waals surface area contributed by atoms with E-state index in [1.54, 1.807) is 30.3 Å². The number of nitrogens with two attached hydrogens (primary N) is 1. The van der Waals surface area contributed by atoms with Crippen molar-refractivity contribution in [1.82, 2.24) is 21.3 Å². The molecule has 0 bridgehead atoms. The summed E-state index contributed by atoms with van der Waals surface area (Å²) in [4.78, 5) is 61.3. The second kappa shape index (κ2) is 14.0. The molecule has 34 heavy (non-hydrogen) atoms. The minimum atomic E-state index is -1.68. The van der Waals surface area contributed by atoms with Crippen LogP contribution < -0.4 is 27.0 Å². The van der Waals surface area contributed by atoms with E-state index >= 15 is 0 Å². The average molecular weight is 482 g/mol. The molecule has 2 unspecified atom stereocenters. The molecular formula is C21H31N5O8. The molecular weight excluding hydrogens is 450 g/mol. The monoisotopic (exact) mass is 481 g/mol. The van der Waals surface area contributed by atoms with Gasteiger partial charge < -0.3 is 42.3 Å². The molecule has 13 nitrogen and oxygen atoms in total. The van der Waals surface area contributed by atoms with Gasteiger partial charge in [-0.05, 0) is 19.5 Å². The van der Waals surface area contributed by atoms with E-state index in [-0.39, 0.29) is 13.0 Å². The summed E-state index contributed by atoms with van der Waals surface area (Å²) in [6, 6.07) is 2.66. The fourth-order valence-electron chi connectivity index (χ4n) is 2.92. The number of benzene rings is 1. The molecule has 0 radical (unpaired) electrons. The zero-order chi connectivity index (χ0) is 25.8. The number of carbonyl (C=O) groups excluding carboxylic acids is 4. The minimum absolute atomic E-state index is 0.0956. The highest BCUT2D eigenvalue weighted by Crippen LogP contribution is 2.06. The third-order valence-electron chi connectivity index (χ3n) is 4.82. The molecule has 0 saturated carbocycles. The van der Waals surface area contributed by atoms with Crippen LogP contribution in [0.4, 0.5) is 4.79 Å². The van der Waals surface area contributed by atoms with Crippen molar-refractivity contribution in [2.45, 2.75) is 43.6 Å². The molecule has 0 aliphatic rings. The maximum atomic E-state index is 12.7. The van der Waals surface area contributed by atoms with Gasteiger partial charge in [0.25, 0.3) is 0 Å². The Morgan fingerprint density at radius 2 is 1.47 bits per heavy atom. The quantitative estimate of drug-likeness (QED) is 0.125. The molecule has 0 aliphatic heterocycles. The summed E-state index contributed by atoms with van der Waals surface area (Å²) in [6.45, 7) is 0.247. The molecule has 0 fully saturated rings. The number of carboxylic acid groups (broad SMARTS) is 1. The molecule has 0 heterocycles. The van der Waals surface area contributed by atoms with Gasteiger partial charge in [-0.2, -0.15) is 0 Å². The molecule has 1 aromatic rings. The first-order valence-electron chi connectivity index (χ1n) is 10.4. The fourth-order valence-corrected chi connectivity index (χ4v) is 2.92. The zero-order valence-electron chi connectivity index (χ0n) is 18.9. The van der Waals surface area contributed by atoms with E-state index in [9.17, 15) is 34.2 Å². The Kier molecular flexibility index (Phi) is 11.8. The van der Waals surface area contributed by atoms with Crippen molar-refractivity contribution in [2.75, 3.05) is 20.2 Å². The van der Waals surface area contributed by atoms with E-state index in [4.69, 9.17) is 10.8 Å². The number of carbonyl (C=O) groups is 5. The molecule has 5 atom stereocenters. The normalized spacial score (nSPS) is 15.2. The third kappa shape index (κ3) is 8.86. The summed E-state index contributed by atoms with van der Waals surface area (Å²) >= 11 is 0. The summed E-state index contributed by atoms with van der Waals surface area (Å²) in [5, 5.41) is 37.3. The number of amides is 3. The topological polar surface area (TPSA) is 220 Å². The molecule has 1 aromatic carbocycles. The highest BCUT2D eigenvalue weighted by molar-refractivity contribution is 6.41. The first-order chi connectivity index (χ1) is 16.0. The van der Waals surface area contributed by atoms with Crippen molar-refractivity contribution in [3.63, 3.8) is 0 Å². The number of nitrogens with one attached hydrogen (secondary N) is 4. The van der Waals surface area contributed by atoms with Crippen LogP contribution in [0, 0.1) is 0 Å². The van der Waals surface area contributed by atoms with Crippen LogP contribution in [-0.2, 0) is 25.6 Å². The van der Waals surface area contributed by atoms with Gasteiger partial charge in [0.1, 0.15) is 24.2 Å². The Balaban J connectivity index is 2.96. The second-order valence-electron chi connectivity index (χ2n) is 7.55.